The second kappa shape index (κ2) is 4.67. The van der Waals surface area contributed by atoms with Crippen LogP contribution in [-0.2, 0) is 13.5 Å². The standard InChI is InChI=1S/C11H15N3OS/c1-14-5-3-8(13-14)7-9(12)11-10(15-2)4-6-16-11/h3-6,9H,7,12H2,1-2H3. The lowest BCUT2D eigenvalue weighted by Crippen LogP contribution is -2.13. The molecule has 0 aliphatic carbocycles. The number of aryl methyl sites for hydroxylation is 1. The van der Waals surface area contributed by atoms with E-state index < -0.39 is 0 Å². The van der Waals surface area contributed by atoms with Gasteiger partial charge < -0.3 is 10.5 Å². The zero-order valence-electron chi connectivity index (χ0n) is 9.38. The highest BCUT2D eigenvalue weighted by Crippen LogP contribution is 2.30. The van der Waals surface area contributed by atoms with Crippen LogP contribution in [0.3, 0.4) is 0 Å². The molecule has 1 atom stereocenters. The van der Waals surface area contributed by atoms with E-state index >= 15 is 0 Å². The number of hydrogen-bond acceptors (Lipinski definition) is 4. The van der Waals surface area contributed by atoms with Gasteiger partial charge in [0.15, 0.2) is 0 Å². The molecule has 0 aliphatic heterocycles. The van der Waals surface area contributed by atoms with Crippen molar-refractivity contribution in [3.63, 3.8) is 0 Å². The van der Waals surface area contributed by atoms with E-state index in [2.05, 4.69) is 5.10 Å². The smallest absolute Gasteiger partial charge is 0.134 e. The fourth-order valence-corrected chi connectivity index (χ4v) is 2.50. The van der Waals surface area contributed by atoms with Crippen LogP contribution in [0.25, 0.3) is 0 Å². The highest BCUT2D eigenvalue weighted by atomic mass is 32.1. The molecule has 4 nitrogen and oxygen atoms in total. The lowest BCUT2D eigenvalue weighted by molar-refractivity contribution is 0.408. The number of nitrogens with two attached hydrogens (primary N) is 1. The summed E-state index contributed by atoms with van der Waals surface area (Å²) < 4.78 is 7.04. The highest BCUT2D eigenvalue weighted by molar-refractivity contribution is 7.10. The Bertz CT molecular complexity index is 463. The van der Waals surface area contributed by atoms with Crippen LogP contribution in [0.1, 0.15) is 16.6 Å². The summed E-state index contributed by atoms with van der Waals surface area (Å²) in [5, 5.41) is 6.31. The topological polar surface area (TPSA) is 53.1 Å². The Kier molecular flexibility index (Phi) is 3.26. The SMILES string of the molecule is COc1ccsc1C(N)Cc1ccn(C)n1. The van der Waals surface area contributed by atoms with Crippen LogP contribution in [0.15, 0.2) is 23.7 Å². The molecule has 2 aromatic heterocycles. The molecule has 0 saturated carbocycles. The summed E-state index contributed by atoms with van der Waals surface area (Å²) >= 11 is 1.62. The second-order valence-electron chi connectivity index (χ2n) is 3.64. The quantitative estimate of drug-likeness (QED) is 0.881. The zero-order valence-corrected chi connectivity index (χ0v) is 10.2. The second-order valence-corrected chi connectivity index (χ2v) is 4.59. The predicted molar refractivity (Wildman–Crippen MR) is 64.7 cm³/mol. The molecule has 2 aromatic rings. The van der Waals surface area contributed by atoms with E-state index in [1.165, 1.54) is 0 Å². The van der Waals surface area contributed by atoms with Crippen LogP contribution < -0.4 is 10.5 Å². The van der Waals surface area contributed by atoms with Crippen molar-refractivity contribution in [3.05, 3.63) is 34.3 Å². The van der Waals surface area contributed by atoms with E-state index in [1.54, 1.807) is 23.1 Å². The van der Waals surface area contributed by atoms with Crippen LogP contribution in [0.5, 0.6) is 5.75 Å². The summed E-state index contributed by atoms with van der Waals surface area (Å²) in [7, 11) is 3.57. The summed E-state index contributed by atoms with van der Waals surface area (Å²) in [4.78, 5) is 1.08. The Morgan fingerprint density at radius 2 is 2.38 bits per heavy atom. The number of ether oxygens (including phenoxy) is 1. The molecule has 0 saturated heterocycles. The lowest BCUT2D eigenvalue weighted by atomic mass is 10.1. The third-order valence-corrected chi connectivity index (χ3v) is 3.44. The predicted octanol–water partition coefficient (Wildman–Crippen LogP) is 1.73. The summed E-state index contributed by atoms with van der Waals surface area (Å²) in [6, 6.07) is 3.88. The van der Waals surface area contributed by atoms with E-state index in [0.29, 0.717) is 0 Å². The third kappa shape index (κ3) is 2.25. The maximum atomic E-state index is 6.14. The van der Waals surface area contributed by atoms with Gasteiger partial charge in [-0.2, -0.15) is 5.10 Å². The van der Waals surface area contributed by atoms with Gasteiger partial charge >= 0.3 is 0 Å². The van der Waals surface area contributed by atoms with Crippen molar-refractivity contribution < 1.29 is 4.74 Å². The number of nitrogens with zero attached hydrogens (tertiary/aromatic N) is 2. The molecular weight excluding hydrogens is 222 g/mol. The Morgan fingerprint density at radius 3 is 3.00 bits per heavy atom. The molecule has 2 rings (SSSR count). The molecule has 0 bridgehead atoms. The molecule has 0 fully saturated rings. The van der Waals surface area contributed by atoms with Crippen molar-refractivity contribution in [3.8, 4) is 5.75 Å². The first kappa shape index (κ1) is 11.2. The number of thiophene rings is 1. The normalized spacial score (nSPS) is 12.7. The average molecular weight is 237 g/mol. The Morgan fingerprint density at radius 1 is 1.56 bits per heavy atom. The molecule has 2 N–H and O–H groups in total. The summed E-state index contributed by atoms with van der Waals surface area (Å²) in [6.45, 7) is 0. The molecule has 16 heavy (non-hydrogen) atoms. The van der Waals surface area contributed by atoms with Crippen LogP contribution in [0.4, 0.5) is 0 Å². The van der Waals surface area contributed by atoms with Gasteiger partial charge in [-0.3, -0.25) is 4.68 Å². The third-order valence-electron chi connectivity index (χ3n) is 2.41. The zero-order chi connectivity index (χ0) is 11.5. The van der Waals surface area contributed by atoms with Crippen LogP contribution in [0, 0.1) is 0 Å². The van der Waals surface area contributed by atoms with Crippen molar-refractivity contribution in [2.24, 2.45) is 12.8 Å². The van der Waals surface area contributed by atoms with Gasteiger partial charge in [0.1, 0.15) is 5.75 Å². The van der Waals surface area contributed by atoms with Gasteiger partial charge in [-0.1, -0.05) is 0 Å². The van der Waals surface area contributed by atoms with Crippen molar-refractivity contribution in [1.82, 2.24) is 9.78 Å². The molecule has 86 valence electrons. The summed E-state index contributed by atoms with van der Waals surface area (Å²) in [6.07, 6.45) is 2.66. The van der Waals surface area contributed by atoms with Gasteiger partial charge in [-0.25, -0.2) is 0 Å². The molecular formula is C11H15N3OS. The number of rotatable bonds is 4. The summed E-state index contributed by atoms with van der Waals surface area (Å²) in [5.74, 6) is 0.869. The van der Waals surface area contributed by atoms with Crippen molar-refractivity contribution in [2.45, 2.75) is 12.5 Å². The van der Waals surface area contributed by atoms with E-state index in [4.69, 9.17) is 10.5 Å². The highest BCUT2D eigenvalue weighted by Gasteiger charge is 2.15. The van der Waals surface area contributed by atoms with E-state index in [-0.39, 0.29) is 6.04 Å². The summed E-state index contributed by atoms with van der Waals surface area (Å²) in [5.41, 5.74) is 7.14. The van der Waals surface area contributed by atoms with Crippen molar-refractivity contribution >= 4 is 11.3 Å². The maximum Gasteiger partial charge on any atom is 0.134 e. The molecule has 0 aromatic carbocycles. The van der Waals surface area contributed by atoms with Gasteiger partial charge in [0, 0.05) is 25.7 Å². The Balaban J connectivity index is 2.11. The largest absolute Gasteiger partial charge is 0.496 e. The van der Waals surface area contributed by atoms with Crippen LogP contribution >= 0.6 is 11.3 Å². The lowest BCUT2D eigenvalue weighted by Gasteiger charge is -2.10. The van der Waals surface area contributed by atoms with Gasteiger partial charge in [-0.15, -0.1) is 11.3 Å². The first-order valence-corrected chi connectivity index (χ1v) is 5.94. The van der Waals surface area contributed by atoms with Gasteiger partial charge in [-0.05, 0) is 17.5 Å². The number of methoxy groups -OCH3 is 1. The number of aromatic nitrogens is 2. The van der Waals surface area contributed by atoms with Crippen LogP contribution in [0.2, 0.25) is 0 Å². The Labute approximate surface area is 98.6 Å². The van der Waals surface area contributed by atoms with Crippen LogP contribution in [-0.4, -0.2) is 16.9 Å². The molecule has 0 amide bonds. The minimum Gasteiger partial charge on any atom is -0.496 e. The van der Waals surface area contributed by atoms with E-state index in [9.17, 15) is 0 Å². The van der Waals surface area contributed by atoms with Gasteiger partial charge in [0.05, 0.1) is 17.7 Å². The van der Waals surface area contributed by atoms with Crippen molar-refractivity contribution in [1.29, 1.82) is 0 Å². The first-order chi connectivity index (χ1) is 7.70. The fourth-order valence-electron chi connectivity index (χ4n) is 1.64. The Hall–Kier alpha value is -1.33. The molecule has 1 unspecified atom stereocenters. The van der Waals surface area contributed by atoms with Gasteiger partial charge in [0.25, 0.3) is 0 Å². The molecule has 0 aliphatic rings. The van der Waals surface area contributed by atoms with E-state index in [0.717, 1.165) is 22.7 Å². The van der Waals surface area contributed by atoms with Gasteiger partial charge in [0.2, 0.25) is 0 Å². The van der Waals surface area contributed by atoms with Crippen molar-refractivity contribution in [2.75, 3.05) is 7.11 Å². The minimum absolute atomic E-state index is 0.0511. The fraction of sp³-hybridized carbons (Fsp3) is 0.364. The molecule has 0 radical (unpaired) electrons. The monoisotopic (exact) mass is 237 g/mol. The number of hydrogen-bond donors (Lipinski definition) is 1. The maximum absolute atomic E-state index is 6.14. The molecule has 5 heteroatoms. The molecule has 2 heterocycles. The minimum atomic E-state index is -0.0511. The van der Waals surface area contributed by atoms with E-state index in [1.807, 2.05) is 30.8 Å². The molecule has 0 spiro atoms. The average Bonchev–Trinajstić information content (AvgIpc) is 2.86. The first-order valence-electron chi connectivity index (χ1n) is 5.06.